The van der Waals surface area contributed by atoms with Gasteiger partial charge in [0.05, 0.1) is 17.8 Å². The van der Waals surface area contributed by atoms with Crippen molar-refractivity contribution >= 4 is 28.5 Å². The number of alkyl halides is 3. The molecule has 0 spiro atoms. The lowest BCUT2D eigenvalue weighted by Crippen LogP contribution is -2.47. The Morgan fingerprint density at radius 2 is 1.82 bits per heavy atom. The van der Waals surface area contributed by atoms with Crippen molar-refractivity contribution in [2.24, 2.45) is 0 Å². The number of amides is 1. The molecule has 0 aliphatic carbocycles. The van der Waals surface area contributed by atoms with Gasteiger partial charge in [0.15, 0.2) is 0 Å². The molecule has 4 rings (SSSR count). The minimum atomic E-state index is -4.49. The number of fused-ring (bicyclic) bond motifs is 1. The predicted octanol–water partition coefficient (Wildman–Crippen LogP) is 5.55. The Morgan fingerprint density at radius 1 is 1.12 bits per heavy atom. The lowest BCUT2D eigenvalue weighted by molar-refractivity contribution is -0.137. The molecule has 8 heteroatoms. The highest BCUT2D eigenvalue weighted by atomic mass is 19.4. The Hall–Kier alpha value is -3.00. The first-order chi connectivity index (χ1) is 15.8. The van der Waals surface area contributed by atoms with Crippen LogP contribution in [0, 0.1) is 0 Å². The van der Waals surface area contributed by atoms with Crippen LogP contribution in [0.15, 0.2) is 48.5 Å². The predicted molar refractivity (Wildman–Crippen MR) is 124 cm³/mol. The first-order valence-electron chi connectivity index (χ1n) is 11.3. The fourth-order valence-electron chi connectivity index (χ4n) is 4.33. The second-order valence-electron chi connectivity index (χ2n) is 8.33. The molecule has 2 aromatic carbocycles. The number of morpholine rings is 1. The number of nitrogens with zero attached hydrogens (tertiary/aromatic N) is 1. The van der Waals surface area contributed by atoms with Gasteiger partial charge < -0.3 is 20.3 Å². The fourth-order valence-corrected chi connectivity index (χ4v) is 4.33. The normalized spacial score (nSPS) is 21.8. The number of carbonyl (C=O) groups is 1. The molecule has 2 aliphatic heterocycles. The number of rotatable bonds is 6. The minimum absolute atomic E-state index is 0.0883. The van der Waals surface area contributed by atoms with E-state index in [1.807, 2.05) is 38.1 Å². The third kappa shape index (κ3) is 5.00. The summed E-state index contributed by atoms with van der Waals surface area (Å²) in [6.45, 7) is 5.06. The van der Waals surface area contributed by atoms with Gasteiger partial charge in [0.2, 0.25) is 0 Å². The zero-order valence-electron chi connectivity index (χ0n) is 18.7. The van der Waals surface area contributed by atoms with Gasteiger partial charge in [-0.1, -0.05) is 38.1 Å². The van der Waals surface area contributed by atoms with Crippen LogP contribution in [0.3, 0.4) is 0 Å². The van der Waals surface area contributed by atoms with Crippen LogP contribution < -0.4 is 15.5 Å². The first-order valence-corrected chi connectivity index (χ1v) is 11.3. The summed E-state index contributed by atoms with van der Waals surface area (Å²) in [5.74, 6) is -0.215. The summed E-state index contributed by atoms with van der Waals surface area (Å²) in [5, 5.41) is 5.79. The van der Waals surface area contributed by atoms with Crippen molar-refractivity contribution in [1.29, 1.82) is 0 Å². The van der Waals surface area contributed by atoms with Crippen molar-refractivity contribution in [3.63, 3.8) is 0 Å². The molecule has 2 aliphatic rings. The summed E-state index contributed by atoms with van der Waals surface area (Å²) in [7, 11) is 0. The quantitative estimate of drug-likeness (QED) is 0.557. The van der Waals surface area contributed by atoms with E-state index in [4.69, 9.17) is 4.74 Å². The van der Waals surface area contributed by atoms with Crippen molar-refractivity contribution in [2.45, 2.75) is 45.1 Å². The van der Waals surface area contributed by atoms with Crippen molar-refractivity contribution in [2.75, 3.05) is 35.2 Å². The summed E-state index contributed by atoms with van der Waals surface area (Å²) in [6.07, 6.45) is -1.47. The monoisotopic (exact) mass is 459 g/mol. The maximum Gasteiger partial charge on any atom is 0.418 e. The second kappa shape index (κ2) is 9.47. The SMILES string of the molecule is CCC1CN(c2ccc(NCC=C3C(=O)Nc4ccccc43)cc2C(F)(F)F)CC(CC)O1. The van der Waals surface area contributed by atoms with E-state index in [-0.39, 0.29) is 30.3 Å². The van der Waals surface area contributed by atoms with E-state index in [0.717, 1.165) is 30.2 Å². The van der Waals surface area contributed by atoms with Crippen LogP contribution in [0.2, 0.25) is 0 Å². The van der Waals surface area contributed by atoms with Crippen molar-refractivity contribution in [3.05, 3.63) is 59.7 Å². The molecule has 1 saturated heterocycles. The molecule has 176 valence electrons. The number of benzene rings is 2. The highest BCUT2D eigenvalue weighted by Crippen LogP contribution is 2.39. The molecule has 2 aromatic rings. The lowest BCUT2D eigenvalue weighted by atomic mass is 10.1. The van der Waals surface area contributed by atoms with E-state index < -0.39 is 11.7 Å². The zero-order valence-corrected chi connectivity index (χ0v) is 18.7. The molecule has 2 N–H and O–H groups in total. The van der Waals surface area contributed by atoms with Gasteiger partial charge in [-0.05, 0) is 37.1 Å². The van der Waals surface area contributed by atoms with Gasteiger partial charge in [-0.25, -0.2) is 0 Å². The molecule has 33 heavy (non-hydrogen) atoms. The van der Waals surface area contributed by atoms with E-state index in [9.17, 15) is 18.0 Å². The van der Waals surface area contributed by atoms with E-state index in [0.29, 0.717) is 24.4 Å². The molecular weight excluding hydrogens is 431 g/mol. The Labute approximate surface area is 191 Å². The van der Waals surface area contributed by atoms with Crippen molar-refractivity contribution < 1.29 is 22.7 Å². The molecule has 2 atom stereocenters. The van der Waals surface area contributed by atoms with Crippen LogP contribution in [0.5, 0.6) is 0 Å². The summed E-state index contributed by atoms with van der Waals surface area (Å²) in [6, 6.07) is 11.7. The second-order valence-corrected chi connectivity index (χ2v) is 8.33. The maximum absolute atomic E-state index is 14.0. The zero-order chi connectivity index (χ0) is 23.6. The van der Waals surface area contributed by atoms with Crippen LogP contribution in [0.25, 0.3) is 5.57 Å². The Morgan fingerprint density at radius 3 is 2.48 bits per heavy atom. The van der Waals surface area contributed by atoms with Crippen LogP contribution >= 0.6 is 0 Å². The van der Waals surface area contributed by atoms with Gasteiger partial charge in [-0.3, -0.25) is 4.79 Å². The van der Waals surface area contributed by atoms with Crippen LogP contribution in [-0.2, 0) is 15.7 Å². The molecular formula is C25H28F3N3O2. The van der Waals surface area contributed by atoms with E-state index in [1.165, 1.54) is 6.07 Å². The standard InChI is InChI=1S/C25H28F3N3O2/c1-3-17-14-31(15-18(4-2)33-17)23-10-9-16(13-21(23)25(26,27)28)29-12-11-20-19-7-5-6-8-22(19)30-24(20)32/h5-11,13,17-18,29H,3-4,12,14-15H2,1-2H3,(H,30,32). The van der Waals surface area contributed by atoms with Gasteiger partial charge >= 0.3 is 6.18 Å². The van der Waals surface area contributed by atoms with E-state index >= 15 is 0 Å². The van der Waals surface area contributed by atoms with Crippen molar-refractivity contribution in [3.8, 4) is 0 Å². The number of ether oxygens (including phenoxy) is 1. The molecule has 1 fully saturated rings. The number of halogens is 3. The molecule has 5 nitrogen and oxygen atoms in total. The number of nitrogens with one attached hydrogen (secondary N) is 2. The molecule has 1 amide bonds. The molecule has 0 bridgehead atoms. The largest absolute Gasteiger partial charge is 0.418 e. The third-order valence-electron chi connectivity index (χ3n) is 6.11. The third-order valence-corrected chi connectivity index (χ3v) is 6.11. The lowest BCUT2D eigenvalue weighted by Gasteiger charge is -2.40. The topological polar surface area (TPSA) is 53.6 Å². The fraction of sp³-hybridized carbons (Fsp3) is 0.400. The number of carbonyl (C=O) groups excluding carboxylic acids is 1. The summed E-state index contributed by atoms with van der Waals surface area (Å²) in [5.41, 5.74) is 1.89. The minimum Gasteiger partial charge on any atom is -0.382 e. The number of hydrogen-bond acceptors (Lipinski definition) is 4. The van der Waals surface area contributed by atoms with Crippen LogP contribution in [0.1, 0.15) is 37.8 Å². The van der Waals surface area contributed by atoms with Gasteiger partial charge in [0, 0.05) is 47.8 Å². The number of anilines is 3. The highest BCUT2D eigenvalue weighted by Gasteiger charge is 2.37. The van der Waals surface area contributed by atoms with Crippen LogP contribution in [-0.4, -0.2) is 37.7 Å². The van der Waals surface area contributed by atoms with Crippen molar-refractivity contribution in [1.82, 2.24) is 0 Å². The summed E-state index contributed by atoms with van der Waals surface area (Å²) < 4.78 is 47.9. The molecule has 0 radical (unpaired) electrons. The maximum atomic E-state index is 14.0. The average molecular weight is 460 g/mol. The Bertz CT molecular complexity index is 1040. The Kier molecular flexibility index (Phi) is 6.65. The number of para-hydroxylation sites is 1. The van der Waals surface area contributed by atoms with Gasteiger partial charge in [-0.2, -0.15) is 13.2 Å². The Balaban J connectivity index is 1.54. The van der Waals surface area contributed by atoms with Gasteiger partial charge in [0.25, 0.3) is 5.91 Å². The smallest absolute Gasteiger partial charge is 0.382 e. The highest BCUT2D eigenvalue weighted by molar-refractivity contribution is 6.31. The number of hydrogen-bond donors (Lipinski definition) is 2. The molecule has 0 aromatic heterocycles. The molecule has 0 saturated carbocycles. The average Bonchev–Trinajstić information content (AvgIpc) is 3.13. The summed E-state index contributed by atoms with van der Waals surface area (Å²) in [4.78, 5) is 14.0. The summed E-state index contributed by atoms with van der Waals surface area (Å²) >= 11 is 0. The van der Waals surface area contributed by atoms with Crippen LogP contribution in [0.4, 0.5) is 30.2 Å². The van der Waals surface area contributed by atoms with Gasteiger partial charge in [-0.15, -0.1) is 0 Å². The van der Waals surface area contributed by atoms with E-state index in [2.05, 4.69) is 10.6 Å². The van der Waals surface area contributed by atoms with E-state index in [1.54, 1.807) is 17.0 Å². The molecule has 2 unspecified atom stereocenters. The molecule has 2 heterocycles. The first kappa shape index (κ1) is 23.2. The van der Waals surface area contributed by atoms with Gasteiger partial charge in [0.1, 0.15) is 0 Å².